The van der Waals surface area contributed by atoms with Crippen molar-refractivity contribution in [2.24, 2.45) is 5.73 Å². The molecule has 0 aliphatic rings. The van der Waals surface area contributed by atoms with Crippen molar-refractivity contribution in [1.29, 1.82) is 0 Å². The summed E-state index contributed by atoms with van der Waals surface area (Å²) in [4.78, 5) is 25.6. The van der Waals surface area contributed by atoms with Gasteiger partial charge in [0.1, 0.15) is 16.9 Å². The van der Waals surface area contributed by atoms with Crippen molar-refractivity contribution in [3.8, 4) is 0 Å². The van der Waals surface area contributed by atoms with Crippen molar-refractivity contribution < 1.29 is 9.72 Å². The molecule has 1 amide bonds. The van der Waals surface area contributed by atoms with Crippen LogP contribution >= 0.6 is 11.6 Å². The Morgan fingerprint density at radius 2 is 2.28 bits per heavy atom. The molecule has 0 unspecified atom stereocenters. The summed E-state index contributed by atoms with van der Waals surface area (Å²) in [5.74, 6) is -0.610. The topological polar surface area (TPSA) is 111 Å². The van der Waals surface area contributed by atoms with Crippen molar-refractivity contribution in [1.82, 2.24) is 10.3 Å². The van der Waals surface area contributed by atoms with E-state index in [1.165, 1.54) is 0 Å². The number of carbonyl (C=O) groups excluding carboxylic acids is 1. The number of nitro groups is 1. The number of aromatic nitrogens is 1. The Balaban J connectivity index is 3.12. The normalized spacial score (nSPS) is 11.1. The van der Waals surface area contributed by atoms with Crippen LogP contribution in [0.5, 0.6) is 0 Å². The number of nitrogens with zero attached hydrogens (tertiary/aromatic N) is 2. The fourth-order valence-electron chi connectivity index (χ4n) is 1.18. The van der Waals surface area contributed by atoms with Crippen LogP contribution in [0.15, 0.2) is 12.3 Å². The smallest absolute Gasteiger partial charge is 0.300 e. The van der Waals surface area contributed by atoms with Crippen molar-refractivity contribution >= 4 is 23.2 Å². The molecule has 0 spiro atoms. The molecule has 1 heterocycles. The van der Waals surface area contributed by atoms with E-state index in [1.54, 1.807) is 13.8 Å². The first-order valence-electron chi connectivity index (χ1n) is 5.09. The van der Waals surface area contributed by atoms with E-state index in [4.69, 9.17) is 17.3 Å². The minimum absolute atomic E-state index is 0.0105. The molecule has 0 aliphatic carbocycles. The Morgan fingerprint density at radius 3 is 2.78 bits per heavy atom. The van der Waals surface area contributed by atoms with Crippen LogP contribution in [-0.4, -0.2) is 27.9 Å². The Morgan fingerprint density at radius 1 is 1.67 bits per heavy atom. The first kappa shape index (κ1) is 14.3. The van der Waals surface area contributed by atoms with Gasteiger partial charge in [0, 0.05) is 12.1 Å². The van der Waals surface area contributed by atoms with Crippen LogP contribution in [0.1, 0.15) is 24.2 Å². The number of pyridine rings is 1. The zero-order valence-electron chi connectivity index (χ0n) is 9.94. The Hall–Kier alpha value is -1.73. The summed E-state index contributed by atoms with van der Waals surface area (Å²) >= 11 is 5.63. The number of carbonyl (C=O) groups is 1. The highest BCUT2D eigenvalue weighted by molar-refractivity contribution is 6.29. The maximum Gasteiger partial charge on any atom is 0.300 e. The van der Waals surface area contributed by atoms with Gasteiger partial charge in [0.05, 0.1) is 4.92 Å². The SMILES string of the molecule is CC(C)(CN)NC(=O)c1cc(Cl)ncc1[N+](=O)[O-]. The highest BCUT2D eigenvalue weighted by Crippen LogP contribution is 2.20. The van der Waals surface area contributed by atoms with Gasteiger partial charge in [-0.3, -0.25) is 14.9 Å². The average Bonchev–Trinajstić information content (AvgIpc) is 2.28. The van der Waals surface area contributed by atoms with E-state index in [1.807, 2.05) is 0 Å². The molecule has 1 aromatic rings. The van der Waals surface area contributed by atoms with Gasteiger partial charge in [-0.25, -0.2) is 4.98 Å². The zero-order chi connectivity index (χ0) is 13.9. The second-order valence-corrected chi connectivity index (χ2v) is 4.71. The highest BCUT2D eigenvalue weighted by atomic mass is 35.5. The van der Waals surface area contributed by atoms with Gasteiger partial charge in [-0.2, -0.15) is 0 Å². The number of nitrogens with two attached hydrogens (primary N) is 1. The summed E-state index contributed by atoms with van der Waals surface area (Å²) in [7, 11) is 0. The lowest BCUT2D eigenvalue weighted by Gasteiger charge is -2.24. The molecule has 8 heteroatoms. The average molecular weight is 273 g/mol. The minimum atomic E-state index is -0.687. The van der Waals surface area contributed by atoms with Gasteiger partial charge in [-0.05, 0) is 19.9 Å². The van der Waals surface area contributed by atoms with Crippen LogP contribution in [0, 0.1) is 10.1 Å². The molecule has 0 saturated carbocycles. The minimum Gasteiger partial charge on any atom is -0.346 e. The third-order valence-electron chi connectivity index (χ3n) is 2.25. The van der Waals surface area contributed by atoms with E-state index in [-0.39, 0.29) is 17.3 Å². The molecule has 0 fully saturated rings. The standard InChI is InChI=1S/C10H13ClN4O3/c1-10(2,5-12)14-9(16)6-3-8(11)13-4-7(6)15(17)18/h3-4H,5,12H2,1-2H3,(H,14,16). The summed E-state index contributed by atoms with van der Waals surface area (Å²) in [6, 6.07) is 1.15. The van der Waals surface area contributed by atoms with Gasteiger partial charge in [0.15, 0.2) is 0 Å². The summed E-state index contributed by atoms with van der Waals surface area (Å²) in [6.45, 7) is 3.62. The third-order valence-corrected chi connectivity index (χ3v) is 2.46. The van der Waals surface area contributed by atoms with E-state index in [2.05, 4.69) is 10.3 Å². The lowest BCUT2D eigenvalue weighted by atomic mass is 10.1. The highest BCUT2D eigenvalue weighted by Gasteiger charge is 2.25. The summed E-state index contributed by atoms with van der Waals surface area (Å²) < 4.78 is 0. The number of halogens is 1. The van der Waals surface area contributed by atoms with Crippen LogP contribution in [0.4, 0.5) is 5.69 Å². The van der Waals surface area contributed by atoms with Gasteiger partial charge >= 0.3 is 0 Å². The van der Waals surface area contributed by atoms with E-state index >= 15 is 0 Å². The molecular weight excluding hydrogens is 260 g/mol. The molecule has 0 radical (unpaired) electrons. The van der Waals surface area contributed by atoms with E-state index in [0.717, 1.165) is 12.3 Å². The number of amides is 1. The monoisotopic (exact) mass is 272 g/mol. The molecule has 1 rings (SSSR count). The Bertz CT molecular complexity index is 490. The fourth-order valence-corrected chi connectivity index (χ4v) is 1.33. The first-order chi connectivity index (χ1) is 8.26. The van der Waals surface area contributed by atoms with Crippen molar-refractivity contribution in [2.45, 2.75) is 19.4 Å². The van der Waals surface area contributed by atoms with Gasteiger partial charge in [-0.1, -0.05) is 11.6 Å². The van der Waals surface area contributed by atoms with Crippen molar-refractivity contribution in [3.05, 3.63) is 33.1 Å². The van der Waals surface area contributed by atoms with E-state index in [0.29, 0.717) is 0 Å². The third kappa shape index (κ3) is 3.38. The fraction of sp³-hybridized carbons (Fsp3) is 0.400. The predicted octanol–water partition coefficient (Wildman–Crippen LogP) is 1.11. The lowest BCUT2D eigenvalue weighted by Crippen LogP contribution is -2.48. The van der Waals surface area contributed by atoms with Crippen LogP contribution < -0.4 is 11.1 Å². The summed E-state index contributed by atoms with van der Waals surface area (Å²) in [5.41, 5.74) is 4.27. The summed E-state index contributed by atoms with van der Waals surface area (Å²) in [5, 5.41) is 13.4. The van der Waals surface area contributed by atoms with Crippen molar-refractivity contribution in [2.75, 3.05) is 6.54 Å². The van der Waals surface area contributed by atoms with Gasteiger partial charge in [0.2, 0.25) is 0 Å². The first-order valence-corrected chi connectivity index (χ1v) is 5.47. The van der Waals surface area contributed by atoms with Crippen LogP contribution in [0.3, 0.4) is 0 Å². The Kier molecular flexibility index (Phi) is 4.20. The molecule has 0 aliphatic heterocycles. The molecule has 0 bridgehead atoms. The van der Waals surface area contributed by atoms with Gasteiger partial charge in [-0.15, -0.1) is 0 Å². The van der Waals surface area contributed by atoms with Gasteiger partial charge in [0.25, 0.3) is 11.6 Å². The second-order valence-electron chi connectivity index (χ2n) is 4.32. The molecule has 0 saturated heterocycles. The maximum atomic E-state index is 11.9. The predicted molar refractivity (Wildman–Crippen MR) is 66.5 cm³/mol. The van der Waals surface area contributed by atoms with Crippen LogP contribution in [0.2, 0.25) is 5.15 Å². The number of nitrogens with one attached hydrogen (secondary N) is 1. The molecule has 3 N–H and O–H groups in total. The van der Waals surface area contributed by atoms with Crippen LogP contribution in [0.25, 0.3) is 0 Å². The Labute approximate surface area is 108 Å². The summed E-state index contributed by atoms with van der Waals surface area (Å²) in [6.07, 6.45) is 0.951. The zero-order valence-corrected chi connectivity index (χ0v) is 10.7. The van der Waals surface area contributed by atoms with Crippen LogP contribution in [-0.2, 0) is 0 Å². The molecular formula is C10H13ClN4O3. The second kappa shape index (κ2) is 5.28. The number of hydrogen-bond donors (Lipinski definition) is 2. The molecule has 98 valence electrons. The maximum absolute atomic E-state index is 11.9. The molecule has 7 nitrogen and oxygen atoms in total. The molecule has 0 atom stereocenters. The molecule has 0 aromatic carbocycles. The molecule has 1 aromatic heterocycles. The van der Waals surface area contributed by atoms with Gasteiger partial charge < -0.3 is 11.1 Å². The lowest BCUT2D eigenvalue weighted by molar-refractivity contribution is -0.385. The molecule has 18 heavy (non-hydrogen) atoms. The van der Waals surface area contributed by atoms with E-state index in [9.17, 15) is 14.9 Å². The van der Waals surface area contributed by atoms with Crippen molar-refractivity contribution in [3.63, 3.8) is 0 Å². The largest absolute Gasteiger partial charge is 0.346 e. The number of hydrogen-bond acceptors (Lipinski definition) is 5. The quantitative estimate of drug-likeness (QED) is 0.484. The van der Waals surface area contributed by atoms with E-state index < -0.39 is 22.1 Å². The number of rotatable bonds is 4.